The average Bonchev–Trinajstić information content (AvgIpc) is 2.70. The maximum atomic E-state index is 10.9. The zero-order valence-electron chi connectivity index (χ0n) is 8.89. The number of para-hydroxylation sites is 1. The third-order valence-corrected chi connectivity index (χ3v) is 3.07. The van der Waals surface area contributed by atoms with Gasteiger partial charge in [-0.3, -0.25) is 5.32 Å². The Balaban J connectivity index is 2.08. The highest BCUT2D eigenvalue weighted by Crippen LogP contribution is 2.25. The van der Waals surface area contributed by atoms with Crippen LogP contribution in [0.3, 0.4) is 0 Å². The standard InChI is InChI=1S/C10H9N3O2S2/c1-15-10(14)13-8(16)12-9-11-6-4-2-3-5-7(6)17-9/h2-5H,1H3,(H2,11,12,13,14,16). The number of benzene rings is 1. The fraction of sp³-hybridized carbons (Fsp3) is 0.100. The number of hydrogen-bond donors (Lipinski definition) is 2. The van der Waals surface area contributed by atoms with Gasteiger partial charge in [-0.25, -0.2) is 9.78 Å². The molecule has 2 rings (SSSR count). The molecule has 0 aliphatic carbocycles. The van der Waals surface area contributed by atoms with Gasteiger partial charge in [-0.1, -0.05) is 23.5 Å². The number of aromatic nitrogens is 1. The topological polar surface area (TPSA) is 63.2 Å². The normalized spacial score (nSPS) is 9.94. The Hall–Kier alpha value is -1.73. The number of nitrogens with one attached hydrogen (secondary N) is 2. The highest BCUT2D eigenvalue weighted by molar-refractivity contribution is 7.80. The van der Waals surface area contributed by atoms with Crippen LogP contribution in [-0.2, 0) is 4.74 Å². The number of rotatable bonds is 1. The highest BCUT2D eigenvalue weighted by atomic mass is 32.1. The molecule has 1 amide bonds. The molecule has 0 atom stereocenters. The zero-order valence-corrected chi connectivity index (χ0v) is 10.5. The first kappa shape index (κ1) is 11.7. The van der Waals surface area contributed by atoms with Crippen LogP contribution in [0.1, 0.15) is 0 Å². The van der Waals surface area contributed by atoms with Gasteiger partial charge in [-0.2, -0.15) is 0 Å². The summed E-state index contributed by atoms with van der Waals surface area (Å²) < 4.78 is 5.47. The molecule has 1 aromatic heterocycles. The molecule has 1 heterocycles. The number of methoxy groups -OCH3 is 1. The molecule has 0 bridgehead atoms. The number of carbonyl (C=O) groups is 1. The van der Waals surface area contributed by atoms with Crippen molar-refractivity contribution in [3.8, 4) is 0 Å². The van der Waals surface area contributed by atoms with Crippen LogP contribution in [0.4, 0.5) is 9.93 Å². The molecule has 0 fully saturated rings. The molecule has 0 saturated carbocycles. The number of ether oxygens (including phenoxy) is 1. The van der Waals surface area contributed by atoms with Crippen molar-refractivity contribution in [3.05, 3.63) is 24.3 Å². The summed E-state index contributed by atoms with van der Waals surface area (Å²) in [4.78, 5) is 15.2. The van der Waals surface area contributed by atoms with Gasteiger partial charge in [0.25, 0.3) is 0 Å². The van der Waals surface area contributed by atoms with E-state index in [9.17, 15) is 4.79 Å². The lowest BCUT2D eigenvalue weighted by molar-refractivity contribution is 0.177. The summed E-state index contributed by atoms with van der Waals surface area (Å²) in [6, 6.07) is 7.73. The van der Waals surface area contributed by atoms with E-state index in [2.05, 4.69) is 20.4 Å². The molecule has 2 N–H and O–H groups in total. The third-order valence-electron chi connectivity index (χ3n) is 1.92. The maximum Gasteiger partial charge on any atom is 0.413 e. The van der Waals surface area contributed by atoms with Gasteiger partial charge in [0.15, 0.2) is 10.2 Å². The van der Waals surface area contributed by atoms with Crippen molar-refractivity contribution in [2.24, 2.45) is 0 Å². The van der Waals surface area contributed by atoms with Crippen molar-refractivity contribution < 1.29 is 9.53 Å². The first-order chi connectivity index (χ1) is 8.19. The molecule has 7 heteroatoms. The highest BCUT2D eigenvalue weighted by Gasteiger charge is 2.07. The quantitative estimate of drug-likeness (QED) is 0.777. The van der Waals surface area contributed by atoms with Gasteiger partial charge in [0.2, 0.25) is 0 Å². The molecular formula is C10H9N3O2S2. The van der Waals surface area contributed by atoms with E-state index in [1.165, 1.54) is 18.4 Å². The number of thiazole rings is 1. The van der Waals surface area contributed by atoms with E-state index in [-0.39, 0.29) is 5.11 Å². The number of fused-ring (bicyclic) bond motifs is 1. The summed E-state index contributed by atoms with van der Waals surface area (Å²) >= 11 is 6.39. The summed E-state index contributed by atoms with van der Waals surface area (Å²) in [5, 5.41) is 5.97. The minimum Gasteiger partial charge on any atom is -0.453 e. The van der Waals surface area contributed by atoms with E-state index in [1.54, 1.807) is 0 Å². The second-order valence-corrected chi connectivity index (χ2v) is 4.50. The Bertz CT molecular complexity index is 534. The van der Waals surface area contributed by atoms with Gasteiger partial charge in [-0.15, -0.1) is 0 Å². The summed E-state index contributed by atoms with van der Waals surface area (Å²) in [5.41, 5.74) is 0.890. The van der Waals surface area contributed by atoms with Crippen molar-refractivity contribution in [3.63, 3.8) is 0 Å². The van der Waals surface area contributed by atoms with E-state index in [0.29, 0.717) is 5.13 Å². The Morgan fingerprint density at radius 2 is 2.24 bits per heavy atom. The Morgan fingerprint density at radius 1 is 1.47 bits per heavy atom. The molecule has 17 heavy (non-hydrogen) atoms. The van der Waals surface area contributed by atoms with Gasteiger partial charge in [0.1, 0.15) is 0 Å². The summed E-state index contributed by atoms with van der Waals surface area (Å²) in [6.45, 7) is 0. The average molecular weight is 267 g/mol. The van der Waals surface area contributed by atoms with Gasteiger partial charge in [0, 0.05) is 0 Å². The van der Waals surface area contributed by atoms with Crippen LogP contribution in [0.25, 0.3) is 10.2 Å². The number of amides is 1. The number of alkyl carbamates (subject to hydrolysis) is 1. The number of hydrogen-bond acceptors (Lipinski definition) is 5. The summed E-state index contributed by atoms with van der Waals surface area (Å²) in [7, 11) is 1.27. The number of anilines is 1. The van der Waals surface area contributed by atoms with E-state index >= 15 is 0 Å². The van der Waals surface area contributed by atoms with Crippen LogP contribution in [0, 0.1) is 0 Å². The summed E-state index contributed by atoms with van der Waals surface area (Å²) in [5.74, 6) is 0. The van der Waals surface area contributed by atoms with Crippen LogP contribution in [-0.4, -0.2) is 23.3 Å². The molecule has 0 aliphatic rings. The largest absolute Gasteiger partial charge is 0.453 e. The van der Waals surface area contributed by atoms with Crippen molar-refractivity contribution in [1.82, 2.24) is 10.3 Å². The first-order valence-electron chi connectivity index (χ1n) is 4.70. The van der Waals surface area contributed by atoms with Crippen molar-refractivity contribution in [2.75, 3.05) is 12.4 Å². The second kappa shape index (κ2) is 5.07. The maximum absolute atomic E-state index is 10.9. The Morgan fingerprint density at radius 3 is 2.94 bits per heavy atom. The first-order valence-corrected chi connectivity index (χ1v) is 5.93. The zero-order chi connectivity index (χ0) is 12.3. The fourth-order valence-corrected chi connectivity index (χ4v) is 2.31. The van der Waals surface area contributed by atoms with Crippen LogP contribution < -0.4 is 10.6 Å². The SMILES string of the molecule is COC(=O)NC(=S)Nc1nc2ccccc2s1. The minimum absolute atomic E-state index is 0.163. The van der Waals surface area contributed by atoms with E-state index in [4.69, 9.17) is 12.2 Å². The predicted octanol–water partition coefficient (Wildman–Crippen LogP) is 2.35. The molecule has 0 spiro atoms. The summed E-state index contributed by atoms with van der Waals surface area (Å²) in [6.07, 6.45) is -0.608. The second-order valence-electron chi connectivity index (χ2n) is 3.06. The van der Waals surface area contributed by atoms with Crippen LogP contribution >= 0.6 is 23.6 Å². The monoisotopic (exact) mass is 267 g/mol. The number of thiocarbonyl (C=S) groups is 1. The van der Waals surface area contributed by atoms with Crippen LogP contribution in [0.2, 0.25) is 0 Å². The Labute approximate surface area is 107 Å². The molecule has 2 aromatic rings. The van der Waals surface area contributed by atoms with Crippen molar-refractivity contribution in [2.45, 2.75) is 0 Å². The van der Waals surface area contributed by atoms with Gasteiger partial charge in [0.05, 0.1) is 17.3 Å². The molecule has 0 saturated heterocycles. The lowest BCUT2D eigenvalue weighted by atomic mass is 10.3. The van der Waals surface area contributed by atoms with Gasteiger partial charge in [-0.05, 0) is 24.4 Å². The fourth-order valence-electron chi connectivity index (χ4n) is 1.20. The van der Waals surface area contributed by atoms with E-state index in [1.807, 2.05) is 24.3 Å². The van der Waals surface area contributed by atoms with Crippen LogP contribution in [0.15, 0.2) is 24.3 Å². The van der Waals surface area contributed by atoms with Crippen LogP contribution in [0.5, 0.6) is 0 Å². The molecule has 1 aromatic carbocycles. The molecule has 0 unspecified atom stereocenters. The predicted molar refractivity (Wildman–Crippen MR) is 71.4 cm³/mol. The number of nitrogens with zero attached hydrogens (tertiary/aromatic N) is 1. The molecule has 88 valence electrons. The number of carbonyl (C=O) groups excluding carboxylic acids is 1. The molecular weight excluding hydrogens is 258 g/mol. The lowest BCUT2D eigenvalue weighted by Gasteiger charge is -2.04. The molecule has 0 radical (unpaired) electrons. The van der Waals surface area contributed by atoms with Crippen molar-refractivity contribution >= 4 is 50.1 Å². The molecule has 5 nitrogen and oxygen atoms in total. The van der Waals surface area contributed by atoms with Crippen molar-refractivity contribution in [1.29, 1.82) is 0 Å². The van der Waals surface area contributed by atoms with Gasteiger partial charge >= 0.3 is 6.09 Å². The molecule has 0 aliphatic heterocycles. The van der Waals surface area contributed by atoms with Gasteiger partial charge < -0.3 is 10.1 Å². The Kier molecular flexibility index (Phi) is 3.50. The third kappa shape index (κ3) is 2.89. The lowest BCUT2D eigenvalue weighted by Crippen LogP contribution is -2.33. The van der Waals surface area contributed by atoms with E-state index in [0.717, 1.165) is 10.2 Å². The smallest absolute Gasteiger partial charge is 0.413 e. The van der Waals surface area contributed by atoms with E-state index < -0.39 is 6.09 Å². The minimum atomic E-state index is -0.608.